The molecule has 0 radical (unpaired) electrons. The van der Waals surface area contributed by atoms with Crippen molar-refractivity contribution in [3.8, 4) is 23.7 Å². The van der Waals surface area contributed by atoms with E-state index in [2.05, 4.69) is 33.6 Å². The van der Waals surface area contributed by atoms with Crippen molar-refractivity contribution in [3.63, 3.8) is 0 Å². The predicted octanol–water partition coefficient (Wildman–Crippen LogP) is 6.79. The van der Waals surface area contributed by atoms with Crippen LogP contribution in [0.15, 0.2) is 72.8 Å². The normalized spacial score (nSPS) is 13.3. The van der Waals surface area contributed by atoms with E-state index in [1.165, 1.54) is 12.1 Å². The first-order valence-corrected chi connectivity index (χ1v) is 13.4. The predicted molar refractivity (Wildman–Crippen MR) is 153 cm³/mol. The van der Waals surface area contributed by atoms with E-state index in [-0.39, 0.29) is 17.4 Å². The van der Waals surface area contributed by atoms with Crippen molar-refractivity contribution in [3.05, 3.63) is 129 Å². The van der Waals surface area contributed by atoms with E-state index < -0.39 is 0 Å². The molecule has 0 fully saturated rings. The number of benzene rings is 2. The summed E-state index contributed by atoms with van der Waals surface area (Å²) in [5, 5.41) is 0.667. The molecule has 0 bridgehead atoms. The van der Waals surface area contributed by atoms with Crippen molar-refractivity contribution in [1.29, 1.82) is 0 Å². The number of halogens is 2. The van der Waals surface area contributed by atoms with Crippen molar-refractivity contribution >= 4 is 23.2 Å². The van der Waals surface area contributed by atoms with Crippen LogP contribution in [-0.2, 0) is 12.8 Å². The molecule has 0 N–H and O–H groups in total. The van der Waals surface area contributed by atoms with Crippen molar-refractivity contribution < 1.29 is 14.0 Å². The fraction of sp³-hybridized carbons (Fsp3) is 0.176. The van der Waals surface area contributed by atoms with Gasteiger partial charge in [-0.2, -0.15) is 0 Å². The van der Waals surface area contributed by atoms with E-state index in [9.17, 15) is 14.0 Å². The van der Waals surface area contributed by atoms with Crippen molar-refractivity contribution in [2.45, 2.75) is 38.5 Å². The summed E-state index contributed by atoms with van der Waals surface area (Å²) in [4.78, 5) is 32.3. The number of hydrogen-bond acceptors (Lipinski definition) is 4. The Kier molecular flexibility index (Phi) is 8.45. The summed E-state index contributed by atoms with van der Waals surface area (Å²) in [7, 11) is 0. The number of aromatic nitrogens is 2. The fourth-order valence-electron chi connectivity index (χ4n) is 4.54. The summed E-state index contributed by atoms with van der Waals surface area (Å²) in [5.41, 5.74) is 5.94. The molecule has 0 amide bonds. The Labute approximate surface area is 237 Å². The zero-order chi connectivity index (χ0) is 27.9. The Bertz CT molecular complexity index is 1610. The van der Waals surface area contributed by atoms with Gasteiger partial charge in [0.2, 0.25) is 0 Å². The quantitative estimate of drug-likeness (QED) is 0.228. The number of Topliss-reactive ketones (excluding diaryl/α,β-unsaturated/α-hetero) is 2. The highest BCUT2D eigenvalue weighted by Crippen LogP contribution is 2.20. The second-order valence-electron chi connectivity index (χ2n) is 9.46. The van der Waals surface area contributed by atoms with E-state index in [1.807, 2.05) is 30.3 Å². The number of pyridine rings is 2. The highest BCUT2D eigenvalue weighted by atomic mass is 35.5. The maximum absolute atomic E-state index is 13.0. The molecule has 0 saturated carbocycles. The van der Waals surface area contributed by atoms with Crippen LogP contribution < -0.4 is 0 Å². The molecule has 0 atom stereocenters. The van der Waals surface area contributed by atoms with Crippen molar-refractivity contribution in [2.75, 3.05) is 0 Å². The zero-order valence-electron chi connectivity index (χ0n) is 21.6. The molecule has 4 aromatic rings. The Balaban J connectivity index is 0.000000161. The molecule has 2 aromatic carbocycles. The van der Waals surface area contributed by atoms with Crippen LogP contribution in [0.1, 0.15) is 80.3 Å². The van der Waals surface area contributed by atoms with E-state index in [0.717, 1.165) is 48.2 Å². The summed E-state index contributed by atoms with van der Waals surface area (Å²) in [6.07, 6.45) is 4.62. The molecule has 0 aliphatic heterocycles. The number of ketones is 2. The number of carbonyl (C=O) groups excluding carboxylic acids is 2. The smallest absolute Gasteiger partial charge is 0.164 e. The molecule has 196 valence electrons. The second kappa shape index (κ2) is 12.5. The molecule has 6 rings (SSSR count). The minimum absolute atomic E-state index is 0.156. The van der Waals surface area contributed by atoms with Crippen LogP contribution in [0.25, 0.3) is 0 Å². The third kappa shape index (κ3) is 6.89. The Morgan fingerprint density at radius 3 is 1.68 bits per heavy atom. The van der Waals surface area contributed by atoms with Gasteiger partial charge in [-0.1, -0.05) is 35.6 Å². The molecule has 0 saturated heterocycles. The summed E-state index contributed by atoms with van der Waals surface area (Å²) >= 11 is 5.92. The second-order valence-corrected chi connectivity index (χ2v) is 9.89. The van der Waals surface area contributed by atoms with Crippen LogP contribution in [0.4, 0.5) is 4.39 Å². The molecule has 0 spiro atoms. The highest BCUT2D eigenvalue weighted by molar-refractivity contribution is 6.30. The van der Waals surface area contributed by atoms with Gasteiger partial charge in [0.15, 0.2) is 11.6 Å². The van der Waals surface area contributed by atoms with Crippen LogP contribution in [0, 0.1) is 29.5 Å². The largest absolute Gasteiger partial charge is 0.294 e. The van der Waals surface area contributed by atoms with Gasteiger partial charge in [0.1, 0.15) is 17.2 Å². The van der Waals surface area contributed by atoms with Crippen LogP contribution in [0.2, 0.25) is 5.02 Å². The molecule has 0 unspecified atom stereocenters. The number of carbonyl (C=O) groups is 2. The minimum Gasteiger partial charge on any atom is -0.294 e. The van der Waals surface area contributed by atoms with Gasteiger partial charge >= 0.3 is 0 Å². The molecule has 2 aliphatic rings. The summed E-state index contributed by atoms with van der Waals surface area (Å²) in [6, 6.07) is 20.7. The third-order valence-corrected chi connectivity index (χ3v) is 6.74. The minimum atomic E-state index is -0.305. The molecule has 40 heavy (non-hydrogen) atoms. The lowest BCUT2D eigenvalue weighted by atomic mass is 9.94. The Morgan fingerprint density at radius 1 is 0.625 bits per heavy atom. The van der Waals surface area contributed by atoms with Crippen LogP contribution in [-0.4, -0.2) is 21.5 Å². The zero-order valence-corrected chi connectivity index (χ0v) is 22.4. The number of aryl methyl sites for hydroxylation is 2. The lowest BCUT2D eigenvalue weighted by Gasteiger charge is -2.12. The lowest BCUT2D eigenvalue weighted by molar-refractivity contribution is 0.0963. The van der Waals surface area contributed by atoms with Gasteiger partial charge < -0.3 is 0 Å². The van der Waals surface area contributed by atoms with E-state index in [4.69, 9.17) is 11.6 Å². The van der Waals surface area contributed by atoms with Crippen molar-refractivity contribution in [1.82, 2.24) is 9.97 Å². The molecule has 2 aromatic heterocycles. The SMILES string of the molecule is O=C1CCCc2nc(C#Cc3cccc(Cl)c3)ccc21.O=C1CCCc2nc(C#Cc3cccc(F)c3)ccc21. The number of fused-ring (bicyclic) bond motifs is 2. The van der Waals surface area contributed by atoms with Crippen LogP contribution in [0.3, 0.4) is 0 Å². The number of rotatable bonds is 0. The van der Waals surface area contributed by atoms with Gasteiger partial charge in [0.25, 0.3) is 0 Å². The topological polar surface area (TPSA) is 59.9 Å². The molecular weight excluding hydrogens is 523 g/mol. The first-order valence-electron chi connectivity index (χ1n) is 13.1. The summed E-state index contributed by atoms with van der Waals surface area (Å²) in [5.74, 6) is 11.9. The Morgan fingerprint density at radius 2 is 1.15 bits per heavy atom. The van der Waals surface area contributed by atoms with E-state index in [0.29, 0.717) is 40.4 Å². The van der Waals surface area contributed by atoms with Crippen molar-refractivity contribution in [2.24, 2.45) is 0 Å². The number of nitrogens with zero attached hydrogens (tertiary/aromatic N) is 2. The van der Waals surface area contributed by atoms with Crippen LogP contribution in [0.5, 0.6) is 0 Å². The van der Waals surface area contributed by atoms with Gasteiger partial charge in [-0.3, -0.25) is 9.59 Å². The highest BCUT2D eigenvalue weighted by Gasteiger charge is 2.19. The summed E-state index contributed by atoms with van der Waals surface area (Å²) in [6.45, 7) is 0. The van der Waals surface area contributed by atoms with Gasteiger partial charge in [-0.25, -0.2) is 14.4 Å². The third-order valence-electron chi connectivity index (χ3n) is 6.50. The molecule has 2 aliphatic carbocycles. The molecular formula is C34H24ClFN2O2. The van der Waals surface area contributed by atoms with E-state index in [1.54, 1.807) is 30.3 Å². The van der Waals surface area contributed by atoms with Gasteiger partial charge in [-0.15, -0.1) is 0 Å². The van der Waals surface area contributed by atoms with Gasteiger partial charge in [0.05, 0.1) is 11.4 Å². The number of hydrogen-bond donors (Lipinski definition) is 0. The standard InChI is InChI=1S/C17H12ClNO.C17H12FNO/c2*18-13-4-1-3-12(11-13)7-8-14-9-10-15-16(19-14)5-2-6-17(15)20/h2*1,3-4,9-11H,2,5-6H2. The maximum Gasteiger partial charge on any atom is 0.164 e. The van der Waals surface area contributed by atoms with Gasteiger partial charge in [0, 0.05) is 40.1 Å². The summed E-state index contributed by atoms with van der Waals surface area (Å²) < 4.78 is 13.0. The Hall–Kier alpha value is -4.58. The fourth-order valence-corrected chi connectivity index (χ4v) is 4.73. The van der Waals surface area contributed by atoms with Gasteiger partial charge in [-0.05, 0) is 98.2 Å². The molecule has 2 heterocycles. The average molecular weight is 547 g/mol. The molecule has 6 heteroatoms. The van der Waals surface area contributed by atoms with E-state index >= 15 is 0 Å². The monoisotopic (exact) mass is 546 g/mol. The average Bonchev–Trinajstić information content (AvgIpc) is 2.96. The first-order chi connectivity index (χ1) is 19.4. The first kappa shape index (κ1) is 27.0. The lowest BCUT2D eigenvalue weighted by Crippen LogP contribution is -2.12. The van der Waals surface area contributed by atoms with Crippen LogP contribution >= 0.6 is 11.6 Å². The maximum atomic E-state index is 13.0. The molecule has 4 nitrogen and oxygen atoms in total.